The molecule has 3 rings (SSSR count). The van der Waals surface area contributed by atoms with E-state index >= 15 is 0 Å². The highest BCUT2D eigenvalue weighted by atomic mass is 79.9. The fraction of sp³-hybridized carbons (Fsp3) is 0.562. The van der Waals surface area contributed by atoms with Gasteiger partial charge in [0.05, 0.1) is 18.1 Å². The van der Waals surface area contributed by atoms with Crippen molar-refractivity contribution in [2.24, 2.45) is 0 Å². The van der Waals surface area contributed by atoms with Crippen molar-refractivity contribution in [1.29, 1.82) is 0 Å². The van der Waals surface area contributed by atoms with Crippen molar-refractivity contribution in [1.82, 2.24) is 10.2 Å². The summed E-state index contributed by atoms with van der Waals surface area (Å²) in [6, 6.07) is 5.07. The summed E-state index contributed by atoms with van der Waals surface area (Å²) >= 11 is 3.42. The molecule has 9 heteroatoms. The maximum atomic E-state index is 12.9. The average molecular weight is 432 g/mol. The highest BCUT2D eigenvalue weighted by Crippen LogP contribution is 2.30. The smallest absolute Gasteiger partial charge is 0.317 e. The average Bonchev–Trinajstić information content (AvgIpc) is 2.53. The summed E-state index contributed by atoms with van der Waals surface area (Å²) < 4.78 is 31.9. The van der Waals surface area contributed by atoms with Gasteiger partial charge < -0.3 is 19.9 Å². The summed E-state index contributed by atoms with van der Waals surface area (Å²) in [5, 5.41) is 2.13. The molecule has 0 atom stereocenters. The molecule has 2 aliphatic rings. The fourth-order valence-corrected chi connectivity index (χ4v) is 5.32. The first-order chi connectivity index (χ1) is 11.9. The van der Waals surface area contributed by atoms with Crippen molar-refractivity contribution < 1.29 is 17.9 Å². The Morgan fingerprint density at radius 3 is 2.60 bits per heavy atom. The molecule has 0 radical (unpaired) electrons. The molecule has 0 spiro atoms. The SMILES string of the molecule is CCNC(=O)N1CC(S(=O)(=O)c2cc(Br)cc(N3CCOCC3)c2)C1. The third-order valence-electron chi connectivity index (χ3n) is 4.46. The summed E-state index contributed by atoms with van der Waals surface area (Å²) in [7, 11) is -3.48. The number of rotatable bonds is 4. The van der Waals surface area contributed by atoms with E-state index in [4.69, 9.17) is 4.74 Å². The standard InChI is InChI=1S/C16H22BrN3O4S/c1-2-18-16(21)20-10-15(11-20)25(22,23)14-8-12(17)7-13(9-14)19-3-5-24-6-4-19/h7-9,15H,2-6,10-11H2,1H3,(H,18,21). The first-order valence-corrected chi connectivity index (χ1v) is 10.7. The number of benzene rings is 1. The van der Waals surface area contributed by atoms with Crippen LogP contribution < -0.4 is 10.2 Å². The second kappa shape index (κ2) is 7.51. The second-order valence-electron chi connectivity index (χ2n) is 6.15. The van der Waals surface area contributed by atoms with E-state index in [1.807, 2.05) is 13.0 Å². The number of halogens is 1. The minimum atomic E-state index is -3.48. The maximum Gasteiger partial charge on any atom is 0.317 e. The van der Waals surface area contributed by atoms with Gasteiger partial charge >= 0.3 is 6.03 Å². The van der Waals surface area contributed by atoms with Gasteiger partial charge in [-0.15, -0.1) is 0 Å². The maximum absolute atomic E-state index is 12.9. The molecule has 138 valence electrons. The van der Waals surface area contributed by atoms with Gasteiger partial charge in [-0.3, -0.25) is 0 Å². The van der Waals surface area contributed by atoms with Crippen molar-refractivity contribution >= 4 is 37.5 Å². The number of morpholine rings is 1. The Labute approximate surface area is 156 Å². The van der Waals surface area contributed by atoms with Gasteiger partial charge in [-0.1, -0.05) is 15.9 Å². The highest BCUT2D eigenvalue weighted by molar-refractivity contribution is 9.10. The van der Waals surface area contributed by atoms with Crippen molar-refractivity contribution in [3.8, 4) is 0 Å². The molecule has 7 nitrogen and oxygen atoms in total. The number of anilines is 1. The Hall–Kier alpha value is -1.32. The van der Waals surface area contributed by atoms with E-state index in [2.05, 4.69) is 26.1 Å². The molecule has 1 aromatic rings. The Balaban J connectivity index is 1.76. The fourth-order valence-electron chi connectivity index (χ4n) is 2.97. The highest BCUT2D eigenvalue weighted by Gasteiger charge is 2.40. The lowest BCUT2D eigenvalue weighted by atomic mass is 10.2. The van der Waals surface area contributed by atoms with Crippen LogP contribution in [0.1, 0.15) is 6.92 Å². The van der Waals surface area contributed by atoms with Gasteiger partial charge in [0.25, 0.3) is 0 Å². The molecular weight excluding hydrogens is 410 g/mol. The van der Waals surface area contributed by atoms with Crippen molar-refractivity contribution in [3.63, 3.8) is 0 Å². The molecule has 0 saturated carbocycles. The van der Waals surface area contributed by atoms with Crippen LogP contribution in [-0.4, -0.2) is 70.5 Å². The number of nitrogens with one attached hydrogen (secondary N) is 1. The second-order valence-corrected chi connectivity index (χ2v) is 9.30. The number of amides is 2. The lowest BCUT2D eigenvalue weighted by Crippen LogP contribution is -2.59. The lowest BCUT2D eigenvalue weighted by molar-refractivity contribution is 0.122. The Morgan fingerprint density at radius 2 is 1.96 bits per heavy atom. The number of hydrogen-bond acceptors (Lipinski definition) is 5. The van der Waals surface area contributed by atoms with Gasteiger partial charge in [-0.25, -0.2) is 13.2 Å². The number of nitrogens with zero attached hydrogens (tertiary/aromatic N) is 2. The number of likely N-dealkylation sites (tertiary alicyclic amines) is 1. The topological polar surface area (TPSA) is 79.0 Å². The molecule has 0 aliphatic carbocycles. The first-order valence-electron chi connectivity index (χ1n) is 8.31. The number of carbonyl (C=O) groups excluding carboxylic acids is 1. The van der Waals surface area contributed by atoms with Crippen molar-refractivity contribution in [3.05, 3.63) is 22.7 Å². The number of urea groups is 1. The van der Waals surface area contributed by atoms with Crippen LogP contribution in [0.15, 0.2) is 27.6 Å². The molecule has 2 heterocycles. The predicted octanol–water partition coefficient (Wildman–Crippen LogP) is 1.47. The Bertz CT molecular complexity index is 744. The molecule has 25 heavy (non-hydrogen) atoms. The van der Waals surface area contributed by atoms with Crippen LogP contribution in [0.5, 0.6) is 0 Å². The van der Waals surface area contributed by atoms with E-state index < -0.39 is 15.1 Å². The Kier molecular flexibility index (Phi) is 5.55. The van der Waals surface area contributed by atoms with Crippen LogP contribution in [-0.2, 0) is 14.6 Å². The third-order valence-corrected chi connectivity index (χ3v) is 6.99. The summed E-state index contributed by atoms with van der Waals surface area (Å²) in [5.74, 6) is 0. The van der Waals surface area contributed by atoms with E-state index in [1.165, 1.54) is 4.90 Å². The molecular formula is C16H22BrN3O4S. The van der Waals surface area contributed by atoms with Crippen molar-refractivity contribution in [2.45, 2.75) is 17.1 Å². The van der Waals surface area contributed by atoms with Crippen LogP contribution in [0.4, 0.5) is 10.5 Å². The Morgan fingerprint density at radius 1 is 1.28 bits per heavy atom. The third kappa shape index (κ3) is 3.93. The predicted molar refractivity (Wildman–Crippen MR) is 98.8 cm³/mol. The number of carbonyl (C=O) groups is 1. The minimum Gasteiger partial charge on any atom is -0.378 e. The van der Waals surface area contributed by atoms with Gasteiger partial charge in [0.2, 0.25) is 0 Å². The molecule has 0 bridgehead atoms. The van der Waals surface area contributed by atoms with Crippen LogP contribution in [0.25, 0.3) is 0 Å². The number of hydrogen-bond donors (Lipinski definition) is 1. The molecule has 2 saturated heterocycles. The van der Waals surface area contributed by atoms with Gasteiger partial charge in [-0.2, -0.15) is 0 Å². The summed E-state index contributed by atoms with van der Waals surface area (Å²) in [6.07, 6.45) is 0. The van der Waals surface area contributed by atoms with Gasteiger partial charge in [0.15, 0.2) is 9.84 Å². The van der Waals surface area contributed by atoms with Gasteiger partial charge in [0.1, 0.15) is 5.25 Å². The zero-order valence-corrected chi connectivity index (χ0v) is 16.5. The summed E-state index contributed by atoms with van der Waals surface area (Å²) in [6.45, 7) is 5.58. The van der Waals surface area contributed by atoms with Crippen LogP contribution in [0.3, 0.4) is 0 Å². The molecule has 2 amide bonds. The van der Waals surface area contributed by atoms with E-state index in [9.17, 15) is 13.2 Å². The van der Waals surface area contributed by atoms with Crippen LogP contribution >= 0.6 is 15.9 Å². The molecule has 0 aromatic heterocycles. The van der Waals surface area contributed by atoms with E-state index in [1.54, 1.807) is 12.1 Å². The zero-order valence-electron chi connectivity index (χ0n) is 14.1. The molecule has 2 aliphatic heterocycles. The van der Waals surface area contributed by atoms with E-state index in [-0.39, 0.29) is 19.1 Å². The quantitative estimate of drug-likeness (QED) is 0.780. The molecule has 1 aromatic carbocycles. The van der Waals surface area contributed by atoms with E-state index in [0.717, 1.165) is 23.2 Å². The monoisotopic (exact) mass is 431 g/mol. The number of sulfone groups is 1. The van der Waals surface area contributed by atoms with Crippen LogP contribution in [0, 0.1) is 0 Å². The summed E-state index contributed by atoms with van der Waals surface area (Å²) in [5.41, 5.74) is 0.871. The number of ether oxygens (including phenoxy) is 1. The van der Waals surface area contributed by atoms with Gasteiger partial charge in [0, 0.05) is 42.9 Å². The lowest BCUT2D eigenvalue weighted by Gasteiger charge is -2.38. The minimum absolute atomic E-state index is 0.211. The largest absolute Gasteiger partial charge is 0.378 e. The van der Waals surface area contributed by atoms with E-state index in [0.29, 0.717) is 24.7 Å². The molecule has 2 fully saturated rings. The normalized spacial score (nSPS) is 18.8. The summed E-state index contributed by atoms with van der Waals surface area (Å²) in [4.78, 5) is 15.7. The first kappa shape index (κ1) is 18.5. The molecule has 0 unspecified atom stereocenters. The zero-order chi connectivity index (χ0) is 18.0. The van der Waals surface area contributed by atoms with Gasteiger partial charge in [-0.05, 0) is 25.1 Å². The van der Waals surface area contributed by atoms with Crippen LogP contribution in [0.2, 0.25) is 0 Å². The van der Waals surface area contributed by atoms with Crippen molar-refractivity contribution in [2.75, 3.05) is 50.8 Å². The molecule has 1 N–H and O–H groups in total.